The molecule has 0 aliphatic carbocycles. The Balaban J connectivity index is 0.981. The number of para-hydroxylation sites is 8. The molecular formula is C81H47N9. The largest absolute Gasteiger partial charge is 0.309 e. The zero-order chi connectivity index (χ0) is 59.6. The van der Waals surface area contributed by atoms with Gasteiger partial charge in [0, 0.05) is 94.3 Å². The minimum atomic E-state index is 0.527. The summed E-state index contributed by atoms with van der Waals surface area (Å²) in [5.74, 6) is 0. The van der Waals surface area contributed by atoms with Crippen LogP contribution < -0.4 is 0 Å². The first kappa shape index (κ1) is 50.6. The van der Waals surface area contributed by atoms with E-state index in [0.29, 0.717) is 39.2 Å². The minimum absolute atomic E-state index is 0.527. The molecule has 0 radical (unpaired) electrons. The number of hydrogen-bond acceptors (Lipinski definition) is 5. The highest BCUT2D eigenvalue weighted by Crippen LogP contribution is 2.44. The highest BCUT2D eigenvalue weighted by Gasteiger charge is 2.25. The quantitative estimate of drug-likeness (QED) is 0.151. The summed E-state index contributed by atoms with van der Waals surface area (Å²) in [7, 11) is 0. The molecule has 0 atom stereocenters. The molecule has 9 heteroatoms. The van der Waals surface area contributed by atoms with Gasteiger partial charge in [-0.25, -0.2) is 9.97 Å². The van der Waals surface area contributed by atoms with E-state index < -0.39 is 0 Å². The molecule has 0 N–H and O–H groups in total. The molecule has 12 aromatic carbocycles. The Bertz CT molecular complexity index is 5270. The van der Waals surface area contributed by atoms with Gasteiger partial charge in [-0.3, -0.25) is 4.98 Å². The van der Waals surface area contributed by atoms with Crippen molar-refractivity contribution < 1.29 is 0 Å². The minimum Gasteiger partial charge on any atom is -0.309 e. The normalized spacial score (nSPS) is 11.8. The lowest BCUT2D eigenvalue weighted by Gasteiger charge is -2.19. The second-order valence-corrected chi connectivity index (χ2v) is 23.0. The van der Waals surface area contributed by atoms with Crippen LogP contribution in [0.1, 0.15) is 11.1 Å². The number of hydrogen-bond donors (Lipinski definition) is 0. The lowest BCUT2D eigenvalue weighted by molar-refractivity contribution is 1.13. The summed E-state index contributed by atoms with van der Waals surface area (Å²) in [5, 5.41) is 29.4. The summed E-state index contributed by atoms with van der Waals surface area (Å²) in [6.45, 7) is 0. The average molecular weight is 1150 g/mol. The van der Waals surface area contributed by atoms with E-state index in [-0.39, 0.29) is 0 Å². The zero-order valence-corrected chi connectivity index (χ0v) is 48.2. The molecule has 18 aromatic rings. The fourth-order valence-electron chi connectivity index (χ4n) is 14.1. The molecule has 0 fully saturated rings. The van der Waals surface area contributed by atoms with E-state index in [1.54, 1.807) is 0 Å². The van der Waals surface area contributed by atoms with E-state index in [9.17, 15) is 10.5 Å². The van der Waals surface area contributed by atoms with E-state index in [0.717, 1.165) is 138 Å². The monoisotopic (exact) mass is 1150 g/mol. The van der Waals surface area contributed by atoms with Crippen molar-refractivity contribution in [2.75, 3.05) is 0 Å². The molecule has 0 saturated carbocycles. The fraction of sp³-hybridized carbons (Fsp3) is 0. The maximum absolute atomic E-state index is 10.1. The number of pyridine rings is 1. The van der Waals surface area contributed by atoms with Crippen LogP contribution in [0.5, 0.6) is 0 Å². The van der Waals surface area contributed by atoms with Crippen LogP contribution in [0, 0.1) is 22.7 Å². The second kappa shape index (κ2) is 19.9. The van der Waals surface area contributed by atoms with Crippen molar-refractivity contribution in [3.8, 4) is 79.8 Å². The van der Waals surface area contributed by atoms with Crippen LogP contribution in [0.25, 0.3) is 166 Å². The van der Waals surface area contributed by atoms with E-state index in [2.05, 4.69) is 261 Å². The van der Waals surface area contributed by atoms with Gasteiger partial charge in [-0.2, -0.15) is 10.5 Å². The predicted octanol–water partition coefficient (Wildman–Crippen LogP) is 19.8. The van der Waals surface area contributed by atoms with Gasteiger partial charge >= 0.3 is 0 Å². The maximum atomic E-state index is 10.1. The number of aromatic nitrogens is 7. The first-order valence-corrected chi connectivity index (χ1v) is 30.0. The van der Waals surface area contributed by atoms with E-state index in [1.165, 1.54) is 0 Å². The number of nitriles is 2. The van der Waals surface area contributed by atoms with Gasteiger partial charge in [0.1, 0.15) is 11.0 Å². The molecular weight excluding hydrogens is 1100 g/mol. The average Bonchev–Trinajstić information content (AvgIpc) is 1.40. The first-order valence-electron chi connectivity index (χ1n) is 30.0. The van der Waals surface area contributed by atoms with Crippen molar-refractivity contribution in [2.24, 2.45) is 0 Å². The Kier molecular flexibility index (Phi) is 11.2. The van der Waals surface area contributed by atoms with Gasteiger partial charge in [0.05, 0.1) is 84.5 Å². The van der Waals surface area contributed by atoms with Gasteiger partial charge in [-0.1, -0.05) is 170 Å². The van der Waals surface area contributed by atoms with Gasteiger partial charge in [0.25, 0.3) is 0 Å². The number of nitrogens with zero attached hydrogens (tertiary/aromatic N) is 9. The third kappa shape index (κ3) is 7.71. The van der Waals surface area contributed by atoms with Crippen LogP contribution >= 0.6 is 0 Å². The summed E-state index contributed by atoms with van der Waals surface area (Å²) in [6, 6.07) is 102. The van der Waals surface area contributed by atoms with Crippen molar-refractivity contribution in [3.63, 3.8) is 0 Å². The third-order valence-corrected chi connectivity index (χ3v) is 18.0. The van der Waals surface area contributed by atoms with Crippen molar-refractivity contribution >= 4 is 98.3 Å². The molecule has 0 saturated heterocycles. The van der Waals surface area contributed by atoms with Crippen molar-refractivity contribution in [2.45, 2.75) is 0 Å². The van der Waals surface area contributed by atoms with Crippen LogP contribution in [0.3, 0.4) is 0 Å². The van der Waals surface area contributed by atoms with Gasteiger partial charge in [0.2, 0.25) is 0 Å². The number of fused-ring (bicyclic) bond motifs is 13. The van der Waals surface area contributed by atoms with Crippen LogP contribution in [0.2, 0.25) is 0 Å². The maximum Gasteiger partial charge on any atom is 0.116 e. The Morgan fingerprint density at radius 3 is 0.811 bits per heavy atom. The topological polar surface area (TPSA) is 106 Å². The molecule has 18 rings (SSSR count). The van der Waals surface area contributed by atoms with Crippen molar-refractivity contribution in [1.82, 2.24) is 33.2 Å². The highest BCUT2D eigenvalue weighted by atomic mass is 15.0. The third-order valence-electron chi connectivity index (χ3n) is 18.0. The summed E-state index contributed by atoms with van der Waals surface area (Å²) in [6.07, 6.45) is 1.99. The second-order valence-electron chi connectivity index (χ2n) is 23.0. The molecule has 6 aromatic heterocycles. The van der Waals surface area contributed by atoms with Crippen LogP contribution in [0.15, 0.2) is 285 Å². The van der Waals surface area contributed by atoms with Gasteiger partial charge in [-0.15, -0.1) is 0 Å². The molecule has 416 valence electrons. The summed E-state index contributed by atoms with van der Waals surface area (Å²) in [4.78, 5) is 17.5. The summed E-state index contributed by atoms with van der Waals surface area (Å²) in [5.41, 5.74) is 20.6. The molecule has 6 heterocycles. The molecule has 0 amide bonds. The molecule has 0 aliphatic rings. The molecule has 0 spiro atoms. The Morgan fingerprint density at radius 2 is 0.522 bits per heavy atom. The Labute approximate surface area is 515 Å². The smallest absolute Gasteiger partial charge is 0.116 e. The molecule has 0 aliphatic heterocycles. The lowest BCUT2D eigenvalue weighted by atomic mass is 9.98. The summed E-state index contributed by atoms with van der Waals surface area (Å²) >= 11 is 0. The Hall–Kier alpha value is -12.7. The van der Waals surface area contributed by atoms with Crippen LogP contribution in [-0.4, -0.2) is 33.2 Å². The fourth-order valence-corrected chi connectivity index (χ4v) is 14.1. The molecule has 90 heavy (non-hydrogen) atoms. The van der Waals surface area contributed by atoms with E-state index in [4.69, 9.17) is 15.0 Å². The molecule has 0 bridgehead atoms. The highest BCUT2D eigenvalue weighted by molar-refractivity contribution is 6.13. The van der Waals surface area contributed by atoms with Crippen molar-refractivity contribution in [1.29, 1.82) is 10.5 Å². The molecule has 0 unspecified atom stereocenters. The first-order chi connectivity index (χ1) is 44.5. The zero-order valence-electron chi connectivity index (χ0n) is 48.2. The number of benzene rings is 12. The predicted molar refractivity (Wildman–Crippen MR) is 366 cm³/mol. The Morgan fingerprint density at radius 1 is 0.256 bits per heavy atom. The van der Waals surface area contributed by atoms with E-state index in [1.807, 2.05) is 54.7 Å². The number of rotatable bonds is 8. The van der Waals surface area contributed by atoms with Crippen molar-refractivity contribution in [3.05, 3.63) is 296 Å². The molecule has 9 nitrogen and oxygen atoms in total. The standard InChI is InChI=1S/C81H47N9/c82-47-50-33-37-52(38-34-50)78-79(53-39-35-51(48-83)36-40-53)86-81-77(55-43-58(89-73-29-13-5-21-64(73)65-22-6-14-30-74(65)89)46-59(44-55)90-75-31-15-7-23-66(75)67-24-8-16-32-76(67)90)84-49-68(80(81)85-78)54-41-56(87-69-25-9-1-17-60(69)61-18-2-10-26-70(61)87)45-57(42-54)88-71-27-11-3-19-62(71)63-20-4-12-28-72(63)88/h1-46,49H. The van der Waals surface area contributed by atoms with Gasteiger partial charge in [0.15, 0.2) is 0 Å². The lowest BCUT2D eigenvalue weighted by Crippen LogP contribution is -2.04. The SMILES string of the molecule is N#Cc1ccc(-c2nc3c(-c4cc(-n5c6ccccc6c6ccccc65)cc(-n5c6ccccc6c6ccccc65)c4)cnc(-c4cc(-n5c6ccccc6c6ccccc65)cc(-n5c6ccccc6c6ccccc65)c4)c3nc2-c2ccc(C#N)cc2)cc1. The van der Waals surface area contributed by atoms with Gasteiger partial charge < -0.3 is 18.3 Å². The van der Waals surface area contributed by atoms with Crippen LogP contribution in [-0.2, 0) is 0 Å². The van der Waals surface area contributed by atoms with Crippen LogP contribution in [0.4, 0.5) is 0 Å². The van der Waals surface area contributed by atoms with Gasteiger partial charge in [-0.05, 0) is 115 Å². The summed E-state index contributed by atoms with van der Waals surface area (Å²) < 4.78 is 9.50. The van der Waals surface area contributed by atoms with E-state index >= 15 is 0 Å².